The first-order chi connectivity index (χ1) is 11.1. The summed E-state index contributed by atoms with van der Waals surface area (Å²) in [4.78, 5) is 12.0. The van der Waals surface area contributed by atoms with E-state index in [4.69, 9.17) is 10.5 Å². The second kappa shape index (κ2) is 9.83. The Kier molecular flexibility index (Phi) is 8.13. The highest BCUT2D eigenvalue weighted by Gasteiger charge is 2.07. The van der Waals surface area contributed by atoms with Gasteiger partial charge in [-0.25, -0.2) is 0 Å². The minimum absolute atomic E-state index is 0. The van der Waals surface area contributed by atoms with Crippen molar-refractivity contribution < 1.29 is 9.53 Å². The second-order valence-corrected chi connectivity index (χ2v) is 5.52. The number of aryl methyl sites for hydroxylation is 2. The third-order valence-corrected chi connectivity index (χ3v) is 3.68. The van der Waals surface area contributed by atoms with E-state index in [0.29, 0.717) is 26.0 Å². The number of rotatable bonds is 7. The molecule has 2 rings (SSSR count). The van der Waals surface area contributed by atoms with Crippen LogP contribution in [-0.2, 0) is 17.8 Å². The molecule has 0 radical (unpaired) electrons. The molecule has 0 heterocycles. The van der Waals surface area contributed by atoms with E-state index in [-0.39, 0.29) is 18.3 Å². The Bertz CT molecular complexity index is 674. The molecule has 2 aromatic carbocycles. The van der Waals surface area contributed by atoms with Gasteiger partial charge < -0.3 is 15.8 Å². The number of para-hydroxylation sites is 1. The van der Waals surface area contributed by atoms with Crippen molar-refractivity contribution in [3.8, 4) is 5.75 Å². The molecule has 1 amide bonds. The van der Waals surface area contributed by atoms with Crippen LogP contribution in [-0.4, -0.2) is 12.5 Å². The van der Waals surface area contributed by atoms with Crippen LogP contribution in [0.3, 0.4) is 0 Å². The Morgan fingerprint density at radius 2 is 1.92 bits per heavy atom. The first kappa shape index (κ1) is 19.8. The van der Waals surface area contributed by atoms with Gasteiger partial charge in [0.05, 0.1) is 6.61 Å². The van der Waals surface area contributed by atoms with Crippen LogP contribution < -0.4 is 15.8 Å². The van der Waals surface area contributed by atoms with Crippen molar-refractivity contribution in [1.29, 1.82) is 0 Å². The highest BCUT2D eigenvalue weighted by molar-refractivity contribution is 5.85. The molecule has 0 fully saturated rings. The Hall–Kier alpha value is -2.20. The van der Waals surface area contributed by atoms with Crippen molar-refractivity contribution in [2.75, 3.05) is 12.3 Å². The van der Waals surface area contributed by atoms with Gasteiger partial charge in [-0.2, -0.15) is 0 Å². The van der Waals surface area contributed by atoms with E-state index in [1.165, 1.54) is 0 Å². The molecule has 0 saturated heterocycles. The van der Waals surface area contributed by atoms with Gasteiger partial charge >= 0.3 is 0 Å². The summed E-state index contributed by atoms with van der Waals surface area (Å²) in [6, 6.07) is 13.7. The van der Waals surface area contributed by atoms with Crippen molar-refractivity contribution >= 4 is 24.0 Å². The highest BCUT2D eigenvalue weighted by Crippen LogP contribution is 2.20. The summed E-state index contributed by atoms with van der Waals surface area (Å²) in [5.41, 5.74) is 9.76. The molecule has 0 aliphatic heterocycles. The Morgan fingerprint density at radius 1 is 1.17 bits per heavy atom. The number of hydrogen-bond donors (Lipinski definition) is 2. The van der Waals surface area contributed by atoms with Crippen molar-refractivity contribution in [1.82, 2.24) is 5.32 Å². The number of hydrogen-bond acceptors (Lipinski definition) is 3. The number of carbonyl (C=O) groups excluding carboxylic acids is 1. The van der Waals surface area contributed by atoms with Gasteiger partial charge in [-0.3, -0.25) is 4.79 Å². The first-order valence-electron chi connectivity index (χ1n) is 7.92. The largest absolute Gasteiger partial charge is 0.494 e. The standard InChI is InChI=1S/C19H24N2O2.ClH/c1-3-23-18-12-14(2)8-9-16(18)13-21-19(22)11-10-15-6-4-5-7-17(15)20;/h4-9,12H,3,10-11,13,20H2,1-2H3,(H,21,22);1H. The summed E-state index contributed by atoms with van der Waals surface area (Å²) in [6.45, 7) is 5.06. The molecule has 0 bridgehead atoms. The fourth-order valence-corrected chi connectivity index (χ4v) is 2.39. The second-order valence-electron chi connectivity index (χ2n) is 5.52. The van der Waals surface area contributed by atoms with Crippen LogP contribution in [0.15, 0.2) is 42.5 Å². The summed E-state index contributed by atoms with van der Waals surface area (Å²) >= 11 is 0. The number of halogens is 1. The monoisotopic (exact) mass is 348 g/mol. The predicted octanol–water partition coefficient (Wildman–Crippen LogP) is 3.65. The van der Waals surface area contributed by atoms with Crippen LogP contribution in [0.1, 0.15) is 30.0 Å². The van der Waals surface area contributed by atoms with Gasteiger partial charge in [0.2, 0.25) is 5.91 Å². The zero-order valence-electron chi connectivity index (χ0n) is 14.2. The van der Waals surface area contributed by atoms with E-state index in [9.17, 15) is 4.79 Å². The molecule has 130 valence electrons. The van der Waals surface area contributed by atoms with Crippen LogP contribution >= 0.6 is 12.4 Å². The maximum absolute atomic E-state index is 12.0. The predicted molar refractivity (Wildman–Crippen MR) is 101 cm³/mol. The highest BCUT2D eigenvalue weighted by atomic mass is 35.5. The summed E-state index contributed by atoms with van der Waals surface area (Å²) in [7, 11) is 0. The maximum Gasteiger partial charge on any atom is 0.220 e. The van der Waals surface area contributed by atoms with E-state index in [0.717, 1.165) is 28.1 Å². The molecule has 0 saturated carbocycles. The Labute approximate surface area is 149 Å². The van der Waals surface area contributed by atoms with Gasteiger partial charge in [-0.15, -0.1) is 12.4 Å². The minimum Gasteiger partial charge on any atom is -0.494 e. The third kappa shape index (κ3) is 5.78. The first-order valence-corrected chi connectivity index (χ1v) is 7.92. The van der Waals surface area contributed by atoms with Crippen molar-refractivity contribution in [3.05, 3.63) is 59.2 Å². The van der Waals surface area contributed by atoms with Crippen LogP contribution in [0.4, 0.5) is 5.69 Å². The topological polar surface area (TPSA) is 64.3 Å². The van der Waals surface area contributed by atoms with Gasteiger partial charge in [-0.05, 0) is 43.5 Å². The lowest BCUT2D eigenvalue weighted by molar-refractivity contribution is -0.121. The molecule has 4 nitrogen and oxygen atoms in total. The van der Waals surface area contributed by atoms with E-state index < -0.39 is 0 Å². The lowest BCUT2D eigenvalue weighted by Crippen LogP contribution is -2.23. The van der Waals surface area contributed by atoms with Gasteiger partial charge in [0.1, 0.15) is 5.75 Å². The summed E-state index contributed by atoms with van der Waals surface area (Å²) < 4.78 is 5.63. The van der Waals surface area contributed by atoms with Crippen LogP contribution in [0, 0.1) is 6.92 Å². The SMILES string of the molecule is CCOc1cc(C)ccc1CNC(=O)CCc1ccccc1N.Cl. The average molecular weight is 349 g/mol. The molecule has 0 atom stereocenters. The van der Waals surface area contributed by atoms with Crippen LogP contribution in [0.2, 0.25) is 0 Å². The number of nitrogens with two attached hydrogens (primary N) is 1. The smallest absolute Gasteiger partial charge is 0.220 e. The van der Waals surface area contributed by atoms with Gasteiger partial charge in [0.15, 0.2) is 0 Å². The average Bonchev–Trinajstić information content (AvgIpc) is 2.53. The van der Waals surface area contributed by atoms with Gasteiger partial charge in [0.25, 0.3) is 0 Å². The van der Waals surface area contributed by atoms with Crippen molar-refractivity contribution in [3.63, 3.8) is 0 Å². The number of carbonyl (C=O) groups is 1. The molecule has 0 spiro atoms. The molecule has 24 heavy (non-hydrogen) atoms. The van der Waals surface area contributed by atoms with Crippen LogP contribution in [0.5, 0.6) is 5.75 Å². The quantitative estimate of drug-likeness (QED) is 0.751. The zero-order valence-corrected chi connectivity index (χ0v) is 15.0. The summed E-state index contributed by atoms with van der Waals surface area (Å²) in [5, 5.41) is 2.95. The number of anilines is 1. The molecule has 5 heteroatoms. The number of amides is 1. The van der Waals surface area contributed by atoms with E-state index >= 15 is 0 Å². The number of nitrogen functional groups attached to an aromatic ring is 1. The van der Waals surface area contributed by atoms with Gasteiger partial charge in [-0.1, -0.05) is 30.3 Å². The van der Waals surface area contributed by atoms with Gasteiger partial charge in [0, 0.05) is 24.2 Å². The Morgan fingerprint density at radius 3 is 2.62 bits per heavy atom. The molecule has 0 unspecified atom stereocenters. The fourth-order valence-electron chi connectivity index (χ4n) is 2.39. The van der Waals surface area contributed by atoms with E-state index in [1.54, 1.807) is 0 Å². The molecular weight excluding hydrogens is 324 g/mol. The lowest BCUT2D eigenvalue weighted by Gasteiger charge is -2.12. The molecule has 0 aromatic heterocycles. The fraction of sp³-hybridized carbons (Fsp3) is 0.316. The number of ether oxygens (including phenoxy) is 1. The molecule has 2 aromatic rings. The number of benzene rings is 2. The normalized spacial score (nSPS) is 9.92. The van der Waals surface area contributed by atoms with E-state index in [2.05, 4.69) is 5.32 Å². The summed E-state index contributed by atoms with van der Waals surface area (Å²) in [5.74, 6) is 0.844. The Balaban J connectivity index is 0.00000288. The van der Waals surface area contributed by atoms with Crippen LogP contribution in [0.25, 0.3) is 0 Å². The summed E-state index contributed by atoms with van der Waals surface area (Å²) in [6.07, 6.45) is 1.06. The molecule has 3 N–H and O–H groups in total. The van der Waals surface area contributed by atoms with Crippen molar-refractivity contribution in [2.24, 2.45) is 0 Å². The molecule has 0 aliphatic carbocycles. The lowest BCUT2D eigenvalue weighted by atomic mass is 10.1. The maximum atomic E-state index is 12.0. The van der Waals surface area contributed by atoms with E-state index in [1.807, 2.05) is 56.3 Å². The molecule has 0 aliphatic rings. The third-order valence-electron chi connectivity index (χ3n) is 3.68. The molecular formula is C19H25ClN2O2. The number of nitrogens with one attached hydrogen (secondary N) is 1. The minimum atomic E-state index is 0. The van der Waals surface area contributed by atoms with Crippen molar-refractivity contribution in [2.45, 2.75) is 33.2 Å². The zero-order chi connectivity index (χ0) is 16.7.